The predicted molar refractivity (Wildman–Crippen MR) is 96.3 cm³/mol. The molecule has 0 bridgehead atoms. The van der Waals surface area contributed by atoms with Gasteiger partial charge >= 0.3 is 0 Å². The molecule has 2 aromatic rings. The third-order valence-corrected chi connectivity index (χ3v) is 6.34. The minimum atomic E-state index is -3.50. The van der Waals surface area contributed by atoms with Crippen LogP contribution in [0.3, 0.4) is 0 Å². The monoisotopic (exact) mass is 436 g/mol. The Morgan fingerprint density at radius 3 is 2.62 bits per heavy atom. The number of halogens is 1. The Labute approximate surface area is 143 Å². The zero-order chi connectivity index (χ0) is 15.3. The minimum absolute atomic E-state index is 0.342. The molecule has 0 aliphatic carbocycles. The molecule has 1 aromatic carbocycles. The molecule has 0 fully saturated rings. The second kappa shape index (κ2) is 7.57. The fourth-order valence-electron chi connectivity index (χ4n) is 1.72. The molecule has 0 unspecified atom stereocenters. The lowest BCUT2D eigenvalue weighted by Gasteiger charge is -2.06. The predicted octanol–water partition coefficient (Wildman–Crippen LogP) is 3.65. The minimum Gasteiger partial charge on any atom is -0.313 e. The van der Waals surface area contributed by atoms with Crippen LogP contribution in [0.2, 0.25) is 0 Å². The van der Waals surface area contributed by atoms with Crippen LogP contribution in [-0.2, 0) is 16.6 Å². The average molecular weight is 436 g/mol. The smallest absolute Gasteiger partial charge is 0.271 e. The molecule has 1 aromatic heterocycles. The lowest BCUT2D eigenvalue weighted by molar-refractivity contribution is 0.603. The van der Waals surface area contributed by atoms with Crippen molar-refractivity contribution in [3.05, 3.63) is 44.8 Å². The van der Waals surface area contributed by atoms with Crippen molar-refractivity contribution in [1.29, 1.82) is 0 Å². The molecule has 0 saturated heterocycles. The third-order valence-electron chi connectivity index (χ3n) is 2.75. The summed E-state index contributed by atoms with van der Waals surface area (Å²) in [5.74, 6) is 0. The van der Waals surface area contributed by atoms with E-state index in [1.54, 1.807) is 18.2 Å². The fraction of sp³-hybridized carbons (Fsp3) is 0.286. The van der Waals surface area contributed by atoms with Crippen molar-refractivity contribution < 1.29 is 8.42 Å². The number of rotatable bonds is 7. The van der Waals surface area contributed by atoms with E-state index in [9.17, 15) is 8.42 Å². The van der Waals surface area contributed by atoms with Gasteiger partial charge in [-0.2, -0.15) is 0 Å². The summed E-state index contributed by atoms with van der Waals surface area (Å²) in [6.07, 6.45) is 1.06. The van der Waals surface area contributed by atoms with Crippen LogP contribution < -0.4 is 10.0 Å². The van der Waals surface area contributed by atoms with Crippen molar-refractivity contribution >= 4 is 49.6 Å². The Morgan fingerprint density at radius 2 is 1.95 bits per heavy atom. The molecule has 21 heavy (non-hydrogen) atoms. The first kappa shape index (κ1) is 16.7. The number of nitrogens with one attached hydrogen (secondary N) is 2. The zero-order valence-corrected chi connectivity index (χ0v) is 15.4. The summed E-state index contributed by atoms with van der Waals surface area (Å²) < 4.78 is 28.6. The van der Waals surface area contributed by atoms with Gasteiger partial charge in [-0.3, -0.25) is 4.72 Å². The van der Waals surface area contributed by atoms with E-state index >= 15 is 0 Å². The van der Waals surface area contributed by atoms with Gasteiger partial charge in [0.1, 0.15) is 4.21 Å². The highest BCUT2D eigenvalue weighted by Crippen LogP contribution is 2.23. The van der Waals surface area contributed by atoms with Crippen molar-refractivity contribution in [3.8, 4) is 0 Å². The van der Waals surface area contributed by atoms with Crippen LogP contribution in [0.1, 0.15) is 18.9 Å². The normalized spacial score (nSPS) is 11.5. The summed E-state index contributed by atoms with van der Waals surface area (Å²) in [6.45, 7) is 3.73. The molecule has 1 heterocycles. The van der Waals surface area contributed by atoms with E-state index in [1.807, 2.05) is 17.5 Å². The Kier molecular flexibility index (Phi) is 6.03. The lowest BCUT2D eigenvalue weighted by Crippen LogP contribution is -2.13. The first-order chi connectivity index (χ1) is 10.0. The van der Waals surface area contributed by atoms with Gasteiger partial charge in [-0.25, -0.2) is 8.42 Å². The van der Waals surface area contributed by atoms with Crippen LogP contribution >= 0.6 is 33.9 Å². The van der Waals surface area contributed by atoms with Crippen LogP contribution in [0.5, 0.6) is 0 Å². The van der Waals surface area contributed by atoms with Crippen molar-refractivity contribution in [2.24, 2.45) is 0 Å². The molecular formula is C14H17IN2O2S2. The van der Waals surface area contributed by atoms with E-state index in [-0.39, 0.29) is 0 Å². The summed E-state index contributed by atoms with van der Waals surface area (Å²) in [5.41, 5.74) is 1.57. The summed E-state index contributed by atoms with van der Waals surface area (Å²) in [7, 11) is -3.50. The molecule has 0 saturated carbocycles. The molecule has 0 amide bonds. The van der Waals surface area contributed by atoms with E-state index < -0.39 is 10.0 Å². The highest BCUT2D eigenvalue weighted by Gasteiger charge is 2.16. The molecule has 4 nitrogen and oxygen atoms in total. The third kappa shape index (κ3) is 4.94. The van der Waals surface area contributed by atoms with Gasteiger partial charge in [0.25, 0.3) is 10.0 Å². The maximum atomic E-state index is 12.3. The van der Waals surface area contributed by atoms with Gasteiger partial charge in [0.2, 0.25) is 0 Å². The van der Waals surface area contributed by atoms with Gasteiger partial charge in [0.05, 0.1) is 0 Å². The van der Waals surface area contributed by atoms with E-state index in [4.69, 9.17) is 0 Å². The van der Waals surface area contributed by atoms with Gasteiger partial charge < -0.3 is 5.32 Å². The second-order valence-corrected chi connectivity index (χ2v) is 8.63. The Hall–Kier alpha value is -0.640. The first-order valence-corrected chi connectivity index (χ1v) is 10.0. The van der Waals surface area contributed by atoms with E-state index in [1.165, 1.54) is 11.3 Å². The summed E-state index contributed by atoms with van der Waals surface area (Å²) in [4.78, 5) is 0. The van der Waals surface area contributed by atoms with Gasteiger partial charge in [-0.15, -0.1) is 11.3 Å². The van der Waals surface area contributed by atoms with Crippen LogP contribution in [0.15, 0.2) is 39.9 Å². The first-order valence-electron chi connectivity index (χ1n) is 6.58. The number of anilines is 1. The number of thiophene rings is 1. The summed E-state index contributed by atoms with van der Waals surface area (Å²) >= 11 is 3.43. The van der Waals surface area contributed by atoms with E-state index in [0.29, 0.717) is 16.4 Å². The number of sulfonamides is 1. The Bertz CT molecular complexity index is 681. The Balaban J connectivity index is 2.07. The second-order valence-electron chi connectivity index (χ2n) is 4.56. The maximum Gasteiger partial charge on any atom is 0.271 e. The molecule has 0 aliphatic heterocycles. The molecule has 114 valence electrons. The van der Waals surface area contributed by atoms with Gasteiger partial charge in [-0.05, 0) is 76.8 Å². The van der Waals surface area contributed by atoms with Crippen molar-refractivity contribution in [2.75, 3.05) is 11.3 Å². The SMILES string of the molecule is CCCNCc1csc(S(=O)(=O)Nc2ccc(I)cc2)c1. The summed E-state index contributed by atoms with van der Waals surface area (Å²) in [6, 6.07) is 8.98. The summed E-state index contributed by atoms with van der Waals surface area (Å²) in [5, 5.41) is 5.14. The average Bonchev–Trinajstić information content (AvgIpc) is 2.91. The molecule has 2 rings (SSSR count). The van der Waals surface area contributed by atoms with Crippen LogP contribution in [0.25, 0.3) is 0 Å². The van der Waals surface area contributed by atoms with Crippen LogP contribution in [0.4, 0.5) is 5.69 Å². The Morgan fingerprint density at radius 1 is 1.24 bits per heavy atom. The van der Waals surface area contributed by atoms with Crippen LogP contribution in [-0.4, -0.2) is 15.0 Å². The highest BCUT2D eigenvalue weighted by molar-refractivity contribution is 14.1. The van der Waals surface area contributed by atoms with Crippen molar-refractivity contribution in [1.82, 2.24) is 5.32 Å². The highest BCUT2D eigenvalue weighted by atomic mass is 127. The topological polar surface area (TPSA) is 58.2 Å². The molecule has 0 aliphatic rings. The quantitative estimate of drug-likeness (QED) is 0.515. The zero-order valence-electron chi connectivity index (χ0n) is 11.6. The lowest BCUT2D eigenvalue weighted by atomic mass is 10.3. The van der Waals surface area contributed by atoms with Crippen molar-refractivity contribution in [3.63, 3.8) is 0 Å². The number of hydrogen-bond acceptors (Lipinski definition) is 4. The van der Waals surface area contributed by atoms with Gasteiger partial charge in [0.15, 0.2) is 0 Å². The van der Waals surface area contributed by atoms with Gasteiger partial charge in [0, 0.05) is 15.8 Å². The van der Waals surface area contributed by atoms with E-state index in [2.05, 4.69) is 39.6 Å². The van der Waals surface area contributed by atoms with Crippen molar-refractivity contribution in [2.45, 2.75) is 24.1 Å². The molecular weight excluding hydrogens is 419 g/mol. The fourth-order valence-corrected chi connectivity index (χ4v) is 4.35. The number of hydrogen-bond donors (Lipinski definition) is 2. The molecule has 0 radical (unpaired) electrons. The number of benzene rings is 1. The standard InChI is InChI=1S/C14H17IN2O2S2/c1-2-7-16-9-11-8-14(20-10-11)21(18,19)17-13-5-3-12(15)4-6-13/h3-6,8,10,16-17H,2,7,9H2,1H3. The molecule has 7 heteroatoms. The maximum absolute atomic E-state index is 12.3. The van der Waals surface area contributed by atoms with Gasteiger partial charge in [-0.1, -0.05) is 6.92 Å². The molecule has 0 atom stereocenters. The largest absolute Gasteiger partial charge is 0.313 e. The molecule has 2 N–H and O–H groups in total. The van der Waals surface area contributed by atoms with Crippen LogP contribution in [0, 0.1) is 3.57 Å². The molecule has 0 spiro atoms. The van der Waals surface area contributed by atoms with E-state index in [0.717, 1.165) is 22.1 Å².